The van der Waals surface area contributed by atoms with Crippen LogP contribution in [0.5, 0.6) is 0 Å². The summed E-state index contributed by atoms with van der Waals surface area (Å²) in [7, 11) is 0. The molecule has 0 spiro atoms. The van der Waals surface area contributed by atoms with Gasteiger partial charge in [0.15, 0.2) is 0 Å². The monoisotopic (exact) mass is 632 g/mol. The Hall–Kier alpha value is -3.90. The number of fused-ring (bicyclic) bond motifs is 3. The second kappa shape index (κ2) is 11.6. The molecular weight excluding hydrogens is 577 g/mol. The minimum atomic E-state index is -0.201. The van der Waals surface area contributed by atoms with Gasteiger partial charge in [0.2, 0.25) is 0 Å². The first-order chi connectivity index (χ1) is 22.3. The van der Waals surface area contributed by atoms with Crippen molar-refractivity contribution in [2.45, 2.75) is 113 Å². The van der Waals surface area contributed by atoms with Crippen molar-refractivity contribution in [3.63, 3.8) is 0 Å². The molecule has 2 aliphatic carbocycles. The molecule has 0 aliphatic heterocycles. The summed E-state index contributed by atoms with van der Waals surface area (Å²) in [6.45, 7) is 30.6. The normalized spacial score (nSPS) is 17.3. The second-order valence-corrected chi connectivity index (χ2v) is 17.5. The van der Waals surface area contributed by atoms with Crippen LogP contribution in [-0.2, 0) is 22.7 Å². The Labute approximate surface area is 291 Å². The number of allylic oxidation sites excluding steroid dienone is 5. The molecule has 248 valence electrons. The van der Waals surface area contributed by atoms with Crippen LogP contribution >= 0.6 is 0 Å². The molecule has 0 heteroatoms. The van der Waals surface area contributed by atoms with Gasteiger partial charge in [0.05, 0.1) is 0 Å². The Balaban J connectivity index is 1.58. The number of hydrogen-bond acceptors (Lipinski definition) is 0. The molecule has 0 saturated carbocycles. The maximum Gasteiger partial charge on any atom is 0.0399 e. The topological polar surface area (TPSA) is 0 Å². The van der Waals surface area contributed by atoms with E-state index in [2.05, 4.69) is 181 Å². The lowest BCUT2D eigenvalue weighted by atomic mass is 9.57. The summed E-state index contributed by atoms with van der Waals surface area (Å²) in [5.41, 5.74) is 20.6. The highest BCUT2D eigenvalue weighted by Gasteiger charge is 2.48. The predicted molar refractivity (Wildman–Crippen MR) is 209 cm³/mol. The number of benzene rings is 4. The zero-order valence-electron chi connectivity index (χ0n) is 31.9. The predicted octanol–water partition coefficient (Wildman–Crippen LogP) is 13.0. The van der Waals surface area contributed by atoms with Crippen LogP contribution < -0.4 is 0 Å². The molecule has 0 nitrogen and oxygen atoms in total. The SMILES string of the molecule is CC1=CC=CC1(c1c(C)c(C(C)(C)C)cc2c1Cc1cc(C)c(C(C)(C)C=C(c3ccc(C)cc3)c3ccc(C)cc3)cc1-2)C(C)(C)C. The van der Waals surface area contributed by atoms with Crippen molar-refractivity contribution in [1.29, 1.82) is 0 Å². The van der Waals surface area contributed by atoms with E-state index in [-0.39, 0.29) is 21.7 Å². The largest absolute Gasteiger partial charge is 0.0694 e. The summed E-state index contributed by atoms with van der Waals surface area (Å²) >= 11 is 0. The van der Waals surface area contributed by atoms with Gasteiger partial charge in [-0.3, -0.25) is 0 Å². The highest BCUT2D eigenvalue weighted by molar-refractivity contribution is 5.84. The van der Waals surface area contributed by atoms with E-state index in [0.717, 1.165) is 6.42 Å². The van der Waals surface area contributed by atoms with Gasteiger partial charge in [-0.2, -0.15) is 0 Å². The molecule has 6 rings (SSSR count). The molecule has 0 N–H and O–H groups in total. The van der Waals surface area contributed by atoms with Gasteiger partial charge in [-0.1, -0.05) is 157 Å². The van der Waals surface area contributed by atoms with Gasteiger partial charge in [-0.25, -0.2) is 0 Å². The van der Waals surface area contributed by atoms with Crippen molar-refractivity contribution >= 4 is 5.57 Å². The van der Waals surface area contributed by atoms with Crippen molar-refractivity contribution in [1.82, 2.24) is 0 Å². The Morgan fingerprint density at radius 3 is 1.69 bits per heavy atom. The highest BCUT2D eigenvalue weighted by atomic mass is 14.5. The zero-order valence-corrected chi connectivity index (χ0v) is 31.9. The molecule has 0 heterocycles. The van der Waals surface area contributed by atoms with Crippen molar-refractivity contribution in [2.24, 2.45) is 5.41 Å². The molecule has 0 saturated heterocycles. The van der Waals surface area contributed by atoms with Crippen LogP contribution in [0.3, 0.4) is 0 Å². The van der Waals surface area contributed by atoms with Crippen molar-refractivity contribution in [3.05, 3.63) is 158 Å². The molecular formula is C48H56. The molecule has 1 unspecified atom stereocenters. The van der Waals surface area contributed by atoms with Crippen LogP contribution in [0.4, 0.5) is 0 Å². The molecule has 0 bridgehead atoms. The van der Waals surface area contributed by atoms with Gasteiger partial charge in [-0.15, -0.1) is 0 Å². The zero-order chi connectivity index (χ0) is 35.0. The summed E-state index contributed by atoms with van der Waals surface area (Å²) in [5, 5.41) is 0. The van der Waals surface area contributed by atoms with Gasteiger partial charge in [0.25, 0.3) is 0 Å². The molecule has 4 aromatic carbocycles. The molecule has 0 amide bonds. The third kappa shape index (κ3) is 5.56. The third-order valence-corrected chi connectivity index (χ3v) is 11.4. The standard InChI is InChI=1S/C48H56/c1-30-16-20-35(21-17-30)41(36-22-18-31(2)19-23-36)29-47(12,13)42-27-38-37(25-32(42)3)26-40-39(38)28-43(45(6,7)8)34(5)44(40)48(46(9,10)11)24-14-15-33(48)4/h14-25,27-29H,26H2,1-13H3. The number of aryl methyl sites for hydroxylation is 3. The van der Waals surface area contributed by atoms with Crippen LogP contribution in [0.25, 0.3) is 16.7 Å². The second-order valence-electron chi connectivity index (χ2n) is 17.5. The Morgan fingerprint density at radius 2 is 1.21 bits per heavy atom. The van der Waals surface area contributed by atoms with E-state index in [1.165, 1.54) is 83.5 Å². The fraction of sp³-hybridized carbons (Fsp3) is 0.375. The van der Waals surface area contributed by atoms with E-state index in [1.54, 1.807) is 0 Å². The summed E-state index contributed by atoms with van der Waals surface area (Å²) in [6, 6.07) is 25.6. The molecule has 1 atom stereocenters. The van der Waals surface area contributed by atoms with Crippen molar-refractivity contribution < 1.29 is 0 Å². The van der Waals surface area contributed by atoms with E-state index in [4.69, 9.17) is 0 Å². The maximum atomic E-state index is 2.56. The minimum absolute atomic E-state index is 0.0284. The highest BCUT2D eigenvalue weighted by Crippen LogP contribution is 2.57. The van der Waals surface area contributed by atoms with Gasteiger partial charge >= 0.3 is 0 Å². The van der Waals surface area contributed by atoms with Gasteiger partial charge in [-0.05, 0) is 125 Å². The lowest BCUT2D eigenvalue weighted by molar-refractivity contribution is 0.277. The van der Waals surface area contributed by atoms with Crippen molar-refractivity contribution in [2.75, 3.05) is 0 Å². The van der Waals surface area contributed by atoms with Crippen LogP contribution in [0, 0.1) is 33.1 Å². The molecule has 48 heavy (non-hydrogen) atoms. The third-order valence-electron chi connectivity index (χ3n) is 11.4. The Morgan fingerprint density at radius 1 is 0.667 bits per heavy atom. The summed E-state index contributed by atoms with van der Waals surface area (Å²) in [4.78, 5) is 0. The van der Waals surface area contributed by atoms with Crippen LogP contribution in [0.2, 0.25) is 0 Å². The average Bonchev–Trinajstić information content (AvgIpc) is 3.55. The molecule has 4 aromatic rings. The lowest BCUT2D eigenvalue weighted by Gasteiger charge is -2.46. The van der Waals surface area contributed by atoms with Gasteiger partial charge in [0.1, 0.15) is 0 Å². The van der Waals surface area contributed by atoms with E-state index < -0.39 is 0 Å². The first kappa shape index (κ1) is 34.0. The van der Waals surface area contributed by atoms with Gasteiger partial charge < -0.3 is 0 Å². The summed E-state index contributed by atoms with van der Waals surface area (Å²) in [6.07, 6.45) is 10.6. The van der Waals surface area contributed by atoms with E-state index >= 15 is 0 Å². The first-order valence-corrected chi connectivity index (χ1v) is 17.9. The van der Waals surface area contributed by atoms with E-state index in [9.17, 15) is 0 Å². The fourth-order valence-electron chi connectivity index (χ4n) is 8.96. The maximum absolute atomic E-state index is 2.56. The lowest BCUT2D eigenvalue weighted by Crippen LogP contribution is -2.40. The van der Waals surface area contributed by atoms with Crippen LogP contribution in [-0.4, -0.2) is 0 Å². The average molecular weight is 633 g/mol. The van der Waals surface area contributed by atoms with E-state index in [0.29, 0.717) is 0 Å². The smallest absolute Gasteiger partial charge is 0.0399 e. The van der Waals surface area contributed by atoms with Crippen LogP contribution in [0.1, 0.15) is 124 Å². The quantitative estimate of drug-likeness (QED) is 0.181. The Kier molecular flexibility index (Phi) is 8.22. The molecule has 0 radical (unpaired) electrons. The fourth-order valence-corrected chi connectivity index (χ4v) is 8.96. The Bertz CT molecular complexity index is 1940. The number of hydrogen-bond donors (Lipinski definition) is 0. The van der Waals surface area contributed by atoms with E-state index in [1.807, 2.05) is 0 Å². The van der Waals surface area contributed by atoms with Crippen LogP contribution in [0.15, 0.2) is 96.6 Å². The molecule has 0 aromatic heterocycles. The van der Waals surface area contributed by atoms with Crippen molar-refractivity contribution in [3.8, 4) is 11.1 Å². The number of rotatable bonds is 5. The summed E-state index contributed by atoms with van der Waals surface area (Å²) < 4.78 is 0. The molecule has 0 fully saturated rings. The summed E-state index contributed by atoms with van der Waals surface area (Å²) in [5.74, 6) is 0. The molecule has 2 aliphatic rings. The van der Waals surface area contributed by atoms with Gasteiger partial charge in [0, 0.05) is 10.8 Å². The minimum Gasteiger partial charge on any atom is -0.0694 e. The first-order valence-electron chi connectivity index (χ1n) is 17.9.